The summed E-state index contributed by atoms with van der Waals surface area (Å²) in [4.78, 5) is 25.3. The fourth-order valence-electron chi connectivity index (χ4n) is 3.12. The standard InChI is InChI=1S/C21H24N2O4/c1-26-17-11-9-15(10-12-17)20(24)23-19(14-18-8-5-13-27-18)21(25)22-16-6-3-2-4-7-16/h5,8-14,16H,2-4,6-7H2,1H3,(H,22,25)(H,23,24)/b19-14-. The van der Waals surface area contributed by atoms with E-state index in [1.165, 1.54) is 12.7 Å². The molecule has 2 aromatic rings. The molecule has 6 heteroatoms. The minimum absolute atomic E-state index is 0.143. The lowest BCUT2D eigenvalue weighted by atomic mass is 9.95. The van der Waals surface area contributed by atoms with Gasteiger partial charge in [-0.15, -0.1) is 0 Å². The van der Waals surface area contributed by atoms with Gasteiger partial charge in [-0.1, -0.05) is 19.3 Å². The summed E-state index contributed by atoms with van der Waals surface area (Å²) in [5.41, 5.74) is 0.600. The number of rotatable bonds is 6. The minimum atomic E-state index is -0.366. The highest BCUT2D eigenvalue weighted by Crippen LogP contribution is 2.18. The topological polar surface area (TPSA) is 80.6 Å². The first-order valence-corrected chi connectivity index (χ1v) is 9.17. The Morgan fingerprint density at radius 2 is 1.85 bits per heavy atom. The number of hydrogen-bond acceptors (Lipinski definition) is 4. The van der Waals surface area contributed by atoms with E-state index in [1.54, 1.807) is 49.6 Å². The van der Waals surface area contributed by atoms with Crippen molar-refractivity contribution in [2.45, 2.75) is 38.1 Å². The van der Waals surface area contributed by atoms with Crippen LogP contribution in [-0.2, 0) is 4.79 Å². The Bertz CT molecular complexity index is 788. The van der Waals surface area contributed by atoms with Gasteiger partial charge < -0.3 is 19.8 Å². The number of furan rings is 1. The van der Waals surface area contributed by atoms with E-state index in [-0.39, 0.29) is 23.6 Å². The van der Waals surface area contributed by atoms with E-state index >= 15 is 0 Å². The van der Waals surface area contributed by atoms with Crippen LogP contribution < -0.4 is 15.4 Å². The first kappa shape index (κ1) is 18.8. The molecule has 27 heavy (non-hydrogen) atoms. The summed E-state index contributed by atoms with van der Waals surface area (Å²) < 4.78 is 10.4. The normalized spacial score (nSPS) is 15.2. The Hall–Kier alpha value is -3.02. The molecule has 1 aliphatic rings. The summed E-state index contributed by atoms with van der Waals surface area (Å²) in [6, 6.07) is 10.3. The first-order chi connectivity index (χ1) is 13.2. The third-order valence-corrected chi connectivity index (χ3v) is 4.62. The largest absolute Gasteiger partial charge is 0.497 e. The zero-order valence-corrected chi connectivity index (χ0v) is 15.4. The average molecular weight is 368 g/mol. The summed E-state index contributed by atoms with van der Waals surface area (Å²) in [5.74, 6) is 0.487. The lowest BCUT2D eigenvalue weighted by molar-refractivity contribution is -0.118. The molecule has 1 aliphatic carbocycles. The van der Waals surface area contributed by atoms with Crippen molar-refractivity contribution in [3.63, 3.8) is 0 Å². The van der Waals surface area contributed by atoms with Gasteiger partial charge in [-0.25, -0.2) is 0 Å². The Morgan fingerprint density at radius 1 is 1.11 bits per heavy atom. The number of carbonyl (C=O) groups is 2. The summed E-state index contributed by atoms with van der Waals surface area (Å²) in [6.07, 6.45) is 8.42. The zero-order chi connectivity index (χ0) is 19.1. The Morgan fingerprint density at radius 3 is 2.48 bits per heavy atom. The molecule has 6 nitrogen and oxygen atoms in total. The van der Waals surface area contributed by atoms with Crippen LogP contribution in [0.3, 0.4) is 0 Å². The number of benzene rings is 1. The molecule has 0 radical (unpaired) electrons. The van der Waals surface area contributed by atoms with Crippen LogP contribution in [0.25, 0.3) is 6.08 Å². The second-order valence-corrected chi connectivity index (χ2v) is 6.56. The van der Waals surface area contributed by atoms with Gasteiger partial charge in [0.2, 0.25) is 0 Å². The van der Waals surface area contributed by atoms with E-state index in [1.807, 2.05) is 0 Å². The number of nitrogens with one attached hydrogen (secondary N) is 2. The predicted octanol–water partition coefficient (Wildman–Crippen LogP) is 3.51. The number of hydrogen-bond donors (Lipinski definition) is 2. The van der Waals surface area contributed by atoms with Crippen molar-refractivity contribution in [1.29, 1.82) is 0 Å². The van der Waals surface area contributed by atoms with Crippen molar-refractivity contribution in [1.82, 2.24) is 10.6 Å². The maximum absolute atomic E-state index is 12.7. The molecular weight excluding hydrogens is 344 g/mol. The van der Waals surface area contributed by atoms with Gasteiger partial charge in [0.25, 0.3) is 11.8 Å². The van der Waals surface area contributed by atoms with E-state index < -0.39 is 0 Å². The summed E-state index contributed by atoms with van der Waals surface area (Å²) in [6.45, 7) is 0. The molecule has 0 aliphatic heterocycles. The molecule has 0 unspecified atom stereocenters. The third kappa shape index (κ3) is 5.23. The van der Waals surface area contributed by atoms with Crippen molar-refractivity contribution in [2.24, 2.45) is 0 Å². The van der Waals surface area contributed by atoms with Crippen molar-refractivity contribution in [3.05, 3.63) is 59.7 Å². The van der Waals surface area contributed by atoms with Gasteiger partial charge in [-0.2, -0.15) is 0 Å². The van der Waals surface area contributed by atoms with Crippen LogP contribution >= 0.6 is 0 Å². The minimum Gasteiger partial charge on any atom is -0.497 e. The molecule has 1 saturated carbocycles. The summed E-state index contributed by atoms with van der Waals surface area (Å²) >= 11 is 0. The number of ether oxygens (including phenoxy) is 1. The van der Waals surface area contributed by atoms with Crippen LogP contribution in [0.4, 0.5) is 0 Å². The van der Waals surface area contributed by atoms with E-state index in [0.717, 1.165) is 25.7 Å². The Kier molecular flexibility index (Phi) is 6.30. The molecule has 142 valence electrons. The van der Waals surface area contributed by atoms with Gasteiger partial charge in [-0.3, -0.25) is 9.59 Å². The van der Waals surface area contributed by atoms with E-state index in [9.17, 15) is 9.59 Å². The van der Waals surface area contributed by atoms with Crippen molar-refractivity contribution in [2.75, 3.05) is 7.11 Å². The third-order valence-electron chi connectivity index (χ3n) is 4.62. The molecule has 1 fully saturated rings. The van der Waals surface area contributed by atoms with E-state index in [2.05, 4.69) is 10.6 Å². The highest BCUT2D eigenvalue weighted by Gasteiger charge is 2.20. The number of carbonyl (C=O) groups excluding carboxylic acids is 2. The second kappa shape index (κ2) is 9.07. The highest BCUT2D eigenvalue weighted by atomic mass is 16.5. The second-order valence-electron chi connectivity index (χ2n) is 6.56. The lowest BCUT2D eigenvalue weighted by Gasteiger charge is -2.23. The van der Waals surface area contributed by atoms with Gasteiger partial charge in [0.1, 0.15) is 17.2 Å². The van der Waals surface area contributed by atoms with Crippen molar-refractivity contribution in [3.8, 4) is 5.75 Å². The Balaban J connectivity index is 1.74. The molecule has 0 atom stereocenters. The van der Waals surface area contributed by atoms with E-state index in [4.69, 9.17) is 9.15 Å². The highest BCUT2D eigenvalue weighted by molar-refractivity contribution is 6.05. The zero-order valence-electron chi connectivity index (χ0n) is 15.4. The van der Waals surface area contributed by atoms with Gasteiger partial charge in [0.05, 0.1) is 13.4 Å². The fourth-order valence-corrected chi connectivity index (χ4v) is 3.12. The van der Waals surface area contributed by atoms with E-state index in [0.29, 0.717) is 17.1 Å². The quantitative estimate of drug-likeness (QED) is 0.765. The van der Waals surface area contributed by atoms with Crippen LogP contribution in [-0.4, -0.2) is 25.0 Å². The number of amides is 2. The smallest absolute Gasteiger partial charge is 0.268 e. The van der Waals surface area contributed by atoms with Crippen molar-refractivity contribution < 1.29 is 18.7 Å². The maximum Gasteiger partial charge on any atom is 0.268 e. The maximum atomic E-state index is 12.7. The summed E-state index contributed by atoms with van der Waals surface area (Å²) in [7, 11) is 1.56. The van der Waals surface area contributed by atoms with Gasteiger partial charge >= 0.3 is 0 Å². The van der Waals surface area contributed by atoms with Crippen LogP contribution in [0.2, 0.25) is 0 Å². The average Bonchev–Trinajstić information content (AvgIpc) is 3.21. The molecule has 1 aromatic carbocycles. The fraction of sp³-hybridized carbons (Fsp3) is 0.333. The van der Waals surface area contributed by atoms with Crippen LogP contribution in [0, 0.1) is 0 Å². The van der Waals surface area contributed by atoms with Gasteiger partial charge in [-0.05, 0) is 49.2 Å². The molecule has 1 heterocycles. The van der Waals surface area contributed by atoms with Crippen molar-refractivity contribution >= 4 is 17.9 Å². The van der Waals surface area contributed by atoms with Crippen LogP contribution in [0.1, 0.15) is 48.2 Å². The molecule has 2 amide bonds. The number of methoxy groups -OCH3 is 1. The molecule has 1 aromatic heterocycles. The van der Waals surface area contributed by atoms with Crippen LogP contribution in [0.5, 0.6) is 5.75 Å². The summed E-state index contributed by atoms with van der Waals surface area (Å²) in [5, 5.41) is 5.73. The Labute approximate surface area is 158 Å². The predicted molar refractivity (Wildman–Crippen MR) is 102 cm³/mol. The van der Waals surface area contributed by atoms with Crippen LogP contribution in [0.15, 0.2) is 52.8 Å². The molecule has 2 N–H and O–H groups in total. The molecule has 0 saturated heterocycles. The molecule has 0 spiro atoms. The molecule has 0 bridgehead atoms. The molecule has 3 rings (SSSR count). The van der Waals surface area contributed by atoms with Gasteiger partial charge in [0, 0.05) is 17.7 Å². The van der Waals surface area contributed by atoms with Gasteiger partial charge in [0.15, 0.2) is 0 Å². The first-order valence-electron chi connectivity index (χ1n) is 9.17. The monoisotopic (exact) mass is 368 g/mol. The SMILES string of the molecule is COc1ccc(C(=O)N/C(=C\c2ccco2)C(=O)NC2CCCCC2)cc1. The lowest BCUT2D eigenvalue weighted by Crippen LogP contribution is -2.41. The molecular formula is C21H24N2O4.